The van der Waals surface area contributed by atoms with Gasteiger partial charge in [0.25, 0.3) is 5.91 Å². The standard InChI is InChI=1S/C21H27NO5S2/c1-4-5-6-12-27-19(23)8-7-11-22-20(24)18(29-21(22)28)14-15-9-10-16(25-2)17(13-15)26-3/h9-10,13-14H,4-8,11-12H2,1-3H3. The Balaban J connectivity index is 1.91. The molecule has 0 aliphatic carbocycles. The molecule has 1 aliphatic rings. The Labute approximate surface area is 181 Å². The van der Waals surface area contributed by atoms with Crippen LogP contribution in [0.3, 0.4) is 0 Å². The van der Waals surface area contributed by atoms with Gasteiger partial charge in [-0.3, -0.25) is 14.5 Å². The third-order valence-corrected chi connectivity index (χ3v) is 5.73. The average Bonchev–Trinajstić information content (AvgIpc) is 2.98. The topological polar surface area (TPSA) is 65.1 Å². The first-order chi connectivity index (χ1) is 14.0. The van der Waals surface area contributed by atoms with Crippen molar-refractivity contribution in [3.8, 4) is 11.5 Å². The molecule has 1 aromatic carbocycles. The van der Waals surface area contributed by atoms with Gasteiger partial charge in [0.05, 0.1) is 25.7 Å². The second-order valence-corrected chi connectivity index (χ2v) is 8.15. The van der Waals surface area contributed by atoms with Gasteiger partial charge in [0.2, 0.25) is 0 Å². The number of unbranched alkanes of at least 4 members (excludes halogenated alkanes) is 2. The number of benzene rings is 1. The zero-order valence-electron chi connectivity index (χ0n) is 17.1. The molecule has 0 saturated carbocycles. The number of hydrogen-bond acceptors (Lipinski definition) is 7. The van der Waals surface area contributed by atoms with Crippen molar-refractivity contribution in [2.45, 2.75) is 39.0 Å². The summed E-state index contributed by atoms with van der Waals surface area (Å²) in [6.45, 7) is 2.96. The van der Waals surface area contributed by atoms with E-state index in [4.69, 9.17) is 26.4 Å². The van der Waals surface area contributed by atoms with E-state index in [1.54, 1.807) is 32.4 Å². The third-order valence-electron chi connectivity index (χ3n) is 4.35. The Morgan fingerprint density at radius 2 is 1.93 bits per heavy atom. The number of esters is 1. The van der Waals surface area contributed by atoms with Crippen LogP contribution >= 0.6 is 24.0 Å². The van der Waals surface area contributed by atoms with Crippen molar-refractivity contribution in [1.29, 1.82) is 0 Å². The fourth-order valence-electron chi connectivity index (χ4n) is 2.78. The van der Waals surface area contributed by atoms with Gasteiger partial charge < -0.3 is 14.2 Å². The van der Waals surface area contributed by atoms with E-state index in [-0.39, 0.29) is 18.3 Å². The number of hydrogen-bond donors (Lipinski definition) is 0. The van der Waals surface area contributed by atoms with Crippen molar-refractivity contribution < 1.29 is 23.8 Å². The molecule has 2 rings (SSSR count). The predicted molar refractivity (Wildman–Crippen MR) is 119 cm³/mol. The van der Waals surface area contributed by atoms with Crippen LogP contribution in [0.25, 0.3) is 6.08 Å². The minimum atomic E-state index is -0.229. The quantitative estimate of drug-likeness (QED) is 0.220. The molecule has 158 valence electrons. The second-order valence-electron chi connectivity index (χ2n) is 6.48. The summed E-state index contributed by atoms with van der Waals surface area (Å²) in [5.41, 5.74) is 0.818. The van der Waals surface area contributed by atoms with Crippen molar-refractivity contribution >= 4 is 46.3 Å². The molecule has 1 amide bonds. The Morgan fingerprint density at radius 1 is 1.17 bits per heavy atom. The van der Waals surface area contributed by atoms with E-state index >= 15 is 0 Å². The molecule has 0 N–H and O–H groups in total. The van der Waals surface area contributed by atoms with Crippen LogP contribution in [0.2, 0.25) is 0 Å². The zero-order chi connectivity index (χ0) is 21.2. The number of carbonyl (C=O) groups excluding carboxylic acids is 2. The van der Waals surface area contributed by atoms with Gasteiger partial charge >= 0.3 is 5.97 Å². The number of rotatable bonds is 11. The molecular weight excluding hydrogens is 410 g/mol. The number of thioether (sulfide) groups is 1. The van der Waals surface area contributed by atoms with E-state index in [2.05, 4.69) is 6.92 Å². The maximum atomic E-state index is 12.7. The summed E-state index contributed by atoms with van der Waals surface area (Å²) in [6, 6.07) is 5.44. The summed E-state index contributed by atoms with van der Waals surface area (Å²) < 4.78 is 16.2. The first kappa shape index (κ1) is 23.2. The van der Waals surface area contributed by atoms with Gasteiger partial charge in [-0.15, -0.1) is 0 Å². The molecule has 1 aliphatic heterocycles. The van der Waals surface area contributed by atoms with Gasteiger partial charge in [-0.25, -0.2) is 0 Å². The largest absolute Gasteiger partial charge is 0.493 e. The summed E-state index contributed by atoms with van der Waals surface area (Å²) in [5, 5.41) is 0. The number of nitrogens with zero attached hydrogens (tertiary/aromatic N) is 1. The number of methoxy groups -OCH3 is 2. The summed E-state index contributed by atoms with van der Waals surface area (Å²) in [6.07, 6.45) is 5.60. The first-order valence-electron chi connectivity index (χ1n) is 9.63. The third kappa shape index (κ3) is 6.75. The molecular formula is C21H27NO5S2. The van der Waals surface area contributed by atoms with Crippen molar-refractivity contribution in [1.82, 2.24) is 4.90 Å². The summed E-state index contributed by atoms with van der Waals surface area (Å²) in [7, 11) is 3.14. The highest BCUT2D eigenvalue weighted by molar-refractivity contribution is 8.26. The highest BCUT2D eigenvalue weighted by Crippen LogP contribution is 2.34. The highest BCUT2D eigenvalue weighted by atomic mass is 32.2. The lowest BCUT2D eigenvalue weighted by atomic mass is 10.2. The Hall–Kier alpha value is -2.06. The lowest BCUT2D eigenvalue weighted by molar-refractivity contribution is -0.144. The second kappa shape index (κ2) is 11.8. The minimum absolute atomic E-state index is 0.147. The molecule has 0 aromatic heterocycles. The molecule has 0 bridgehead atoms. The van der Waals surface area contributed by atoms with Gasteiger partial charge in [-0.05, 0) is 36.6 Å². The molecule has 1 heterocycles. The predicted octanol–water partition coefficient (Wildman–Crippen LogP) is 4.42. The number of carbonyl (C=O) groups is 2. The zero-order valence-corrected chi connectivity index (χ0v) is 18.7. The van der Waals surface area contributed by atoms with Crippen LogP contribution < -0.4 is 9.47 Å². The lowest BCUT2D eigenvalue weighted by Crippen LogP contribution is -2.29. The van der Waals surface area contributed by atoms with E-state index in [0.29, 0.717) is 40.3 Å². The van der Waals surface area contributed by atoms with E-state index in [9.17, 15) is 9.59 Å². The van der Waals surface area contributed by atoms with Crippen molar-refractivity contribution in [2.75, 3.05) is 27.4 Å². The number of thiocarbonyl (C=S) groups is 1. The monoisotopic (exact) mass is 437 g/mol. The van der Waals surface area contributed by atoms with Crippen LogP contribution in [-0.2, 0) is 14.3 Å². The highest BCUT2D eigenvalue weighted by Gasteiger charge is 2.31. The smallest absolute Gasteiger partial charge is 0.305 e. The van der Waals surface area contributed by atoms with Crippen molar-refractivity contribution in [3.63, 3.8) is 0 Å². The molecule has 1 fully saturated rings. The first-order valence-corrected chi connectivity index (χ1v) is 10.9. The molecule has 0 radical (unpaired) electrons. The average molecular weight is 438 g/mol. The molecule has 0 atom stereocenters. The van der Waals surface area contributed by atoms with Crippen molar-refractivity contribution in [2.24, 2.45) is 0 Å². The van der Waals surface area contributed by atoms with Gasteiger partial charge in [0.1, 0.15) is 4.32 Å². The lowest BCUT2D eigenvalue weighted by Gasteiger charge is -2.14. The molecule has 0 unspecified atom stereocenters. The fourth-order valence-corrected chi connectivity index (χ4v) is 4.09. The maximum absolute atomic E-state index is 12.7. The van der Waals surface area contributed by atoms with E-state index in [0.717, 1.165) is 24.8 Å². The summed E-state index contributed by atoms with van der Waals surface area (Å²) in [5.74, 6) is 0.839. The number of ether oxygens (including phenoxy) is 3. The SMILES string of the molecule is CCCCCOC(=O)CCCN1C(=O)C(=Cc2ccc(OC)c(OC)c2)SC1=S. The van der Waals surface area contributed by atoms with Gasteiger partial charge in [0, 0.05) is 13.0 Å². The summed E-state index contributed by atoms with van der Waals surface area (Å²) in [4.78, 5) is 26.5. The summed E-state index contributed by atoms with van der Waals surface area (Å²) >= 11 is 6.60. The van der Waals surface area contributed by atoms with Gasteiger partial charge in [-0.2, -0.15) is 0 Å². The normalized spacial score (nSPS) is 15.1. The van der Waals surface area contributed by atoms with Crippen LogP contribution in [0.4, 0.5) is 0 Å². The van der Waals surface area contributed by atoms with Gasteiger partial charge in [-0.1, -0.05) is 49.8 Å². The van der Waals surface area contributed by atoms with Crippen LogP contribution in [0.5, 0.6) is 11.5 Å². The minimum Gasteiger partial charge on any atom is -0.493 e. The molecule has 1 aromatic rings. The van der Waals surface area contributed by atoms with Gasteiger partial charge in [0.15, 0.2) is 11.5 Å². The Bertz CT molecular complexity index is 778. The van der Waals surface area contributed by atoms with E-state index in [1.165, 1.54) is 16.7 Å². The molecule has 0 spiro atoms. The number of amides is 1. The van der Waals surface area contributed by atoms with Crippen LogP contribution in [-0.4, -0.2) is 48.5 Å². The van der Waals surface area contributed by atoms with E-state index in [1.807, 2.05) is 6.07 Å². The van der Waals surface area contributed by atoms with Crippen LogP contribution in [0, 0.1) is 0 Å². The van der Waals surface area contributed by atoms with Crippen LogP contribution in [0.15, 0.2) is 23.1 Å². The Kier molecular flexibility index (Phi) is 9.47. The molecule has 29 heavy (non-hydrogen) atoms. The van der Waals surface area contributed by atoms with Crippen LogP contribution in [0.1, 0.15) is 44.6 Å². The molecule has 1 saturated heterocycles. The van der Waals surface area contributed by atoms with E-state index < -0.39 is 0 Å². The maximum Gasteiger partial charge on any atom is 0.305 e. The van der Waals surface area contributed by atoms with Crippen molar-refractivity contribution in [3.05, 3.63) is 28.7 Å². The fraction of sp³-hybridized carbons (Fsp3) is 0.476. The Morgan fingerprint density at radius 3 is 2.62 bits per heavy atom. The molecule has 6 nitrogen and oxygen atoms in total. The molecule has 8 heteroatoms.